The molecule has 0 radical (unpaired) electrons. The maximum atomic E-state index is 12.2. The molecule has 0 aliphatic rings. The summed E-state index contributed by atoms with van der Waals surface area (Å²) in [4.78, 5) is 31.9. The molecular formula is C23H26N4O3. The zero-order chi connectivity index (χ0) is 21.5. The predicted molar refractivity (Wildman–Crippen MR) is 116 cm³/mol. The first-order valence-corrected chi connectivity index (χ1v) is 10.0. The summed E-state index contributed by atoms with van der Waals surface area (Å²) in [7, 11) is 0. The van der Waals surface area contributed by atoms with Crippen molar-refractivity contribution in [3.8, 4) is 0 Å². The number of nitrogens with zero attached hydrogens (tertiary/aromatic N) is 2. The lowest BCUT2D eigenvalue weighted by Crippen LogP contribution is -2.26. The number of para-hydroxylation sites is 2. The minimum atomic E-state index is -0.940. The number of hydrogen-bond acceptors (Lipinski definition) is 5. The van der Waals surface area contributed by atoms with Gasteiger partial charge in [0.05, 0.1) is 29.7 Å². The minimum absolute atomic E-state index is 0.0181. The smallest absolute Gasteiger partial charge is 0.305 e. The van der Waals surface area contributed by atoms with Crippen molar-refractivity contribution in [3.05, 3.63) is 65.9 Å². The number of carbonyl (C=O) groups excluding carboxylic acids is 1. The highest BCUT2D eigenvalue weighted by Crippen LogP contribution is 2.26. The van der Waals surface area contributed by atoms with Crippen LogP contribution in [-0.4, -0.2) is 33.5 Å². The molecule has 1 atom stereocenters. The Kier molecular flexibility index (Phi) is 6.95. The van der Waals surface area contributed by atoms with Crippen LogP contribution in [0, 0.1) is 5.92 Å². The van der Waals surface area contributed by atoms with Gasteiger partial charge in [0.15, 0.2) is 0 Å². The fraction of sp³-hybridized carbons (Fsp3) is 0.304. The molecule has 0 bridgehead atoms. The summed E-state index contributed by atoms with van der Waals surface area (Å²) >= 11 is 0. The number of rotatable bonds is 9. The third-order valence-electron chi connectivity index (χ3n) is 4.68. The second-order valence-electron chi connectivity index (χ2n) is 7.59. The second-order valence-corrected chi connectivity index (χ2v) is 7.59. The Balaban J connectivity index is 1.74. The number of fused-ring (bicyclic) bond motifs is 1. The Labute approximate surface area is 175 Å². The molecule has 1 amide bonds. The average molecular weight is 406 g/mol. The number of anilines is 1. The lowest BCUT2D eigenvalue weighted by molar-refractivity contribution is -0.136. The highest BCUT2D eigenvalue weighted by molar-refractivity contribution is 5.94. The third-order valence-corrected chi connectivity index (χ3v) is 4.68. The Morgan fingerprint density at radius 3 is 2.40 bits per heavy atom. The van der Waals surface area contributed by atoms with E-state index in [0.29, 0.717) is 17.3 Å². The summed E-state index contributed by atoms with van der Waals surface area (Å²) in [6.07, 6.45) is 2.52. The number of carbonyl (C=O) groups is 2. The quantitative estimate of drug-likeness (QED) is 0.496. The van der Waals surface area contributed by atoms with Crippen LogP contribution in [0.3, 0.4) is 0 Å². The van der Waals surface area contributed by atoms with Crippen molar-refractivity contribution >= 4 is 28.7 Å². The van der Waals surface area contributed by atoms with E-state index in [2.05, 4.69) is 34.4 Å². The van der Waals surface area contributed by atoms with Crippen molar-refractivity contribution in [2.24, 2.45) is 5.92 Å². The van der Waals surface area contributed by atoms with Crippen LogP contribution in [0.4, 0.5) is 5.82 Å². The molecule has 2 aromatic carbocycles. The summed E-state index contributed by atoms with van der Waals surface area (Å²) < 4.78 is 0. The summed E-state index contributed by atoms with van der Waals surface area (Å²) in [6.45, 7) is 4.42. The van der Waals surface area contributed by atoms with E-state index < -0.39 is 5.97 Å². The van der Waals surface area contributed by atoms with Crippen LogP contribution >= 0.6 is 0 Å². The zero-order valence-electron chi connectivity index (χ0n) is 17.1. The first-order chi connectivity index (χ1) is 14.4. The van der Waals surface area contributed by atoms with E-state index in [1.807, 2.05) is 36.4 Å². The fourth-order valence-corrected chi connectivity index (χ4v) is 3.21. The predicted octanol–water partition coefficient (Wildman–Crippen LogP) is 4.03. The Morgan fingerprint density at radius 2 is 1.73 bits per heavy atom. The standard InChI is InChI=1S/C23H26N4O3/c1-15(2)13-20(27-21-14-25-18-5-3-4-6-19(18)26-21)16-7-9-17(10-8-16)23(30)24-12-11-22(28)29/h3-10,14-15,20H,11-13H2,1-2H3,(H,24,30)(H,26,27)(H,28,29)/t20-/m1/s1. The molecule has 0 spiro atoms. The van der Waals surface area contributed by atoms with Gasteiger partial charge in [-0.1, -0.05) is 38.1 Å². The monoisotopic (exact) mass is 406 g/mol. The molecule has 7 heteroatoms. The van der Waals surface area contributed by atoms with E-state index in [4.69, 9.17) is 5.11 Å². The number of aliphatic carboxylic acids is 1. The molecule has 3 N–H and O–H groups in total. The number of aromatic nitrogens is 2. The molecule has 156 valence electrons. The number of benzene rings is 2. The van der Waals surface area contributed by atoms with E-state index in [1.165, 1.54) is 0 Å². The largest absolute Gasteiger partial charge is 0.481 e. The van der Waals surface area contributed by atoms with Crippen LogP contribution in [0.1, 0.15) is 48.7 Å². The number of carboxylic acid groups (broad SMARTS) is 1. The molecule has 30 heavy (non-hydrogen) atoms. The molecule has 1 heterocycles. The molecule has 0 saturated heterocycles. The van der Waals surface area contributed by atoms with Crippen molar-refractivity contribution in [3.63, 3.8) is 0 Å². The normalized spacial score (nSPS) is 12.0. The van der Waals surface area contributed by atoms with Crippen molar-refractivity contribution in [1.29, 1.82) is 0 Å². The molecule has 7 nitrogen and oxygen atoms in total. The van der Waals surface area contributed by atoms with Crippen molar-refractivity contribution in [1.82, 2.24) is 15.3 Å². The first-order valence-electron chi connectivity index (χ1n) is 10.0. The molecule has 3 aromatic rings. The van der Waals surface area contributed by atoms with Gasteiger partial charge >= 0.3 is 5.97 Å². The van der Waals surface area contributed by atoms with Crippen molar-refractivity contribution in [2.75, 3.05) is 11.9 Å². The minimum Gasteiger partial charge on any atom is -0.481 e. The zero-order valence-corrected chi connectivity index (χ0v) is 17.1. The van der Waals surface area contributed by atoms with Crippen LogP contribution in [0.25, 0.3) is 11.0 Å². The average Bonchev–Trinajstić information content (AvgIpc) is 2.72. The van der Waals surface area contributed by atoms with E-state index in [0.717, 1.165) is 23.0 Å². The van der Waals surface area contributed by atoms with Gasteiger partial charge in [-0.25, -0.2) is 4.98 Å². The Hall–Kier alpha value is -3.48. The third kappa shape index (κ3) is 5.76. The van der Waals surface area contributed by atoms with Crippen molar-refractivity contribution in [2.45, 2.75) is 32.7 Å². The summed E-state index contributed by atoms with van der Waals surface area (Å²) in [5, 5.41) is 14.8. The van der Waals surface area contributed by atoms with Crippen LogP contribution in [0.5, 0.6) is 0 Å². The van der Waals surface area contributed by atoms with Gasteiger partial charge in [0.1, 0.15) is 5.82 Å². The number of amides is 1. The summed E-state index contributed by atoms with van der Waals surface area (Å²) in [6, 6.07) is 15.1. The molecular weight excluding hydrogens is 380 g/mol. The van der Waals surface area contributed by atoms with Gasteiger partial charge in [0.25, 0.3) is 5.91 Å². The number of hydrogen-bond donors (Lipinski definition) is 3. The van der Waals surface area contributed by atoms with Gasteiger partial charge in [0, 0.05) is 12.1 Å². The van der Waals surface area contributed by atoms with Crippen LogP contribution in [0.15, 0.2) is 54.7 Å². The Morgan fingerprint density at radius 1 is 1.03 bits per heavy atom. The SMILES string of the molecule is CC(C)C[C@@H](Nc1cnc2ccccc2n1)c1ccc(C(=O)NCCC(=O)O)cc1. The molecule has 0 aliphatic heterocycles. The second kappa shape index (κ2) is 9.82. The lowest BCUT2D eigenvalue weighted by atomic mass is 9.96. The van der Waals surface area contributed by atoms with Gasteiger partial charge in [-0.3, -0.25) is 14.6 Å². The summed E-state index contributed by atoms with van der Waals surface area (Å²) in [5.74, 6) is -0.0636. The van der Waals surface area contributed by atoms with E-state index in [9.17, 15) is 9.59 Å². The molecule has 3 rings (SSSR count). The van der Waals surface area contributed by atoms with E-state index in [-0.39, 0.29) is 24.9 Å². The topological polar surface area (TPSA) is 104 Å². The van der Waals surface area contributed by atoms with Crippen molar-refractivity contribution < 1.29 is 14.7 Å². The molecule has 1 aromatic heterocycles. The van der Waals surface area contributed by atoms with Gasteiger partial charge in [-0.05, 0) is 42.2 Å². The summed E-state index contributed by atoms with van der Waals surface area (Å²) in [5.41, 5.74) is 3.22. The lowest BCUT2D eigenvalue weighted by Gasteiger charge is -2.22. The van der Waals surface area contributed by atoms with Crippen LogP contribution in [-0.2, 0) is 4.79 Å². The maximum Gasteiger partial charge on any atom is 0.305 e. The first kappa shape index (κ1) is 21.2. The van der Waals surface area contributed by atoms with E-state index >= 15 is 0 Å². The Bertz CT molecular complexity index is 1020. The molecule has 0 fully saturated rings. The van der Waals surface area contributed by atoms with Gasteiger partial charge in [-0.15, -0.1) is 0 Å². The maximum absolute atomic E-state index is 12.2. The van der Waals surface area contributed by atoms with Gasteiger partial charge < -0.3 is 15.7 Å². The van der Waals surface area contributed by atoms with Crippen LogP contribution in [0.2, 0.25) is 0 Å². The highest BCUT2D eigenvalue weighted by Gasteiger charge is 2.16. The van der Waals surface area contributed by atoms with E-state index in [1.54, 1.807) is 18.3 Å². The highest BCUT2D eigenvalue weighted by atomic mass is 16.4. The fourth-order valence-electron chi connectivity index (χ4n) is 3.21. The van der Waals surface area contributed by atoms with Gasteiger partial charge in [0.2, 0.25) is 0 Å². The molecule has 0 unspecified atom stereocenters. The van der Waals surface area contributed by atoms with Crippen LogP contribution < -0.4 is 10.6 Å². The number of carboxylic acids is 1. The number of nitrogens with one attached hydrogen (secondary N) is 2. The molecule has 0 aliphatic carbocycles. The molecule has 0 saturated carbocycles. The van der Waals surface area contributed by atoms with Gasteiger partial charge in [-0.2, -0.15) is 0 Å².